The number of aryl methyl sites for hydroxylation is 2. The van der Waals surface area contributed by atoms with Crippen LogP contribution < -0.4 is 5.32 Å². The summed E-state index contributed by atoms with van der Waals surface area (Å²) in [7, 11) is 0. The number of rotatable bonds is 10. The maximum absolute atomic E-state index is 4.56. The molecule has 2 nitrogen and oxygen atoms in total. The Morgan fingerprint density at radius 3 is 2.32 bits per heavy atom. The van der Waals surface area contributed by atoms with Gasteiger partial charge in [-0.2, -0.15) is 0 Å². The summed E-state index contributed by atoms with van der Waals surface area (Å²) in [4.78, 5) is 6.01. The van der Waals surface area contributed by atoms with Crippen LogP contribution in [0.2, 0.25) is 0 Å². The van der Waals surface area contributed by atoms with E-state index in [1.165, 1.54) is 60.5 Å². The minimum Gasteiger partial charge on any atom is -0.309 e. The van der Waals surface area contributed by atoms with Crippen molar-refractivity contribution in [2.24, 2.45) is 0 Å². The molecule has 1 atom stereocenters. The highest BCUT2D eigenvalue weighted by Gasteiger charge is 2.15. The molecule has 0 aliphatic carbocycles. The van der Waals surface area contributed by atoms with Gasteiger partial charge in [-0.15, -0.1) is 11.3 Å². The van der Waals surface area contributed by atoms with Crippen LogP contribution in [0.5, 0.6) is 0 Å². The molecule has 1 aromatic rings. The van der Waals surface area contributed by atoms with Gasteiger partial charge in [0.1, 0.15) is 0 Å². The molecule has 110 valence electrons. The first-order valence-corrected chi connectivity index (χ1v) is 8.68. The van der Waals surface area contributed by atoms with Gasteiger partial charge in [0.2, 0.25) is 0 Å². The van der Waals surface area contributed by atoms with Crippen molar-refractivity contribution in [2.75, 3.05) is 6.54 Å². The predicted molar refractivity (Wildman–Crippen MR) is 86.0 cm³/mol. The Hall–Kier alpha value is -0.410. The summed E-state index contributed by atoms with van der Waals surface area (Å²) in [5.41, 5.74) is 1.22. The molecular weight excluding hydrogens is 252 g/mol. The van der Waals surface area contributed by atoms with Gasteiger partial charge in [-0.3, -0.25) is 0 Å². The van der Waals surface area contributed by atoms with E-state index in [9.17, 15) is 0 Å². The van der Waals surface area contributed by atoms with E-state index < -0.39 is 0 Å². The van der Waals surface area contributed by atoms with Crippen LogP contribution in [0.15, 0.2) is 0 Å². The maximum Gasteiger partial charge on any atom is 0.0900 e. The van der Waals surface area contributed by atoms with E-state index in [0.717, 1.165) is 6.54 Å². The minimum atomic E-state index is 0.516. The van der Waals surface area contributed by atoms with Crippen LogP contribution in [0.3, 0.4) is 0 Å². The van der Waals surface area contributed by atoms with E-state index in [4.69, 9.17) is 0 Å². The normalized spacial score (nSPS) is 12.8. The van der Waals surface area contributed by atoms with Crippen molar-refractivity contribution in [1.82, 2.24) is 10.3 Å². The summed E-state index contributed by atoms with van der Waals surface area (Å²) >= 11 is 1.86. The van der Waals surface area contributed by atoms with Crippen molar-refractivity contribution in [3.8, 4) is 0 Å². The molecule has 1 aromatic heterocycles. The highest BCUT2D eigenvalue weighted by molar-refractivity contribution is 7.11. The Bertz CT molecular complexity index is 347. The number of aromatic nitrogens is 1. The Kier molecular flexibility index (Phi) is 8.31. The second kappa shape index (κ2) is 9.49. The zero-order valence-electron chi connectivity index (χ0n) is 13.1. The highest BCUT2D eigenvalue weighted by Crippen LogP contribution is 2.28. The van der Waals surface area contributed by atoms with E-state index >= 15 is 0 Å². The molecule has 1 N–H and O–H groups in total. The smallest absolute Gasteiger partial charge is 0.0900 e. The van der Waals surface area contributed by atoms with Gasteiger partial charge in [-0.25, -0.2) is 4.98 Å². The minimum absolute atomic E-state index is 0.516. The number of thiazole rings is 1. The van der Waals surface area contributed by atoms with Gasteiger partial charge in [0, 0.05) is 10.9 Å². The van der Waals surface area contributed by atoms with Gasteiger partial charge in [-0.05, 0) is 26.8 Å². The Morgan fingerprint density at radius 1 is 1.05 bits per heavy atom. The lowest BCUT2D eigenvalue weighted by atomic mass is 10.0. The van der Waals surface area contributed by atoms with Crippen molar-refractivity contribution in [2.45, 2.75) is 78.7 Å². The van der Waals surface area contributed by atoms with Crippen LogP contribution in [0, 0.1) is 13.8 Å². The number of nitrogens with one attached hydrogen (secondary N) is 1. The Morgan fingerprint density at radius 2 is 1.74 bits per heavy atom. The van der Waals surface area contributed by atoms with E-state index in [1.807, 2.05) is 11.3 Å². The van der Waals surface area contributed by atoms with E-state index in [2.05, 4.69) is 38.0 Å². The first-order valence-electron chi connectivity index (χ1n) is 7.86. The predicted octanol–water partition coefficient (Wildman–Crippen LogP) is 5.16. The molecule has 0 amide bonds. The summed E-state index contributed by atoms with van der Waals surface area (Å²) in [6.07, 6.45) is 9.48. The SMILES string of the molecule is CCCCCCCCC(NCC)c1sc(C)nc1C. The van der Waals surface area contributed by atoms with Crippen LogP contribution >= 0.6 is 11.3 Å². The van der Waals surface area contributed by atoms with Crippen molar-refractivity contribution >= 4 is 11.3 Å². The third-order valence-corrected chi connectivity index (χ3v) is 4.74. The lowest BCUT2D eigenvalue weighted by molar-refractivity contribution is 0.480. The average molecular weight is 282 g/mol. The van der Waals surface area contributed by atoms with Crippen molar-refractivity contribution in [1.29, 1.82) is 0 Å². The molecule has 1 rings (SSSR count). The molecule has 0 saturated carbocycles. The fourth-order valence-corrected chi connectivity index (χ4v) is 3.61. The maximum atomic E-state index is 4.56. The van der Waals surface area contributed by atoms with Crippen LogP contribution in [-0.2, 0) is 0 Å². The van der Waals surface area contributed by atoms with Crippen molar-refractivity contribution in [3.05, 3.63) is 15.6 Å². The molecule has 0 saturated heterocycles. The average Bonchev–Trinajstić information content (AvgIpc) is 2.71. The number of hydrogen-bond acceptors (Lipinski definition) is 3. The van der Waals surface area contributed by atoms with Crippen LogP contribution in [0.4, 0.5) is 0 Å². The first kappa shape index (κ1) is 16.6. The van der Waals surface area contributed by atoms with Crippen LogP contribution in [-0.4, -0.2) is 11.5 Å². The fourth-order valence-electron chi connectivity index (χ4n) is 2.57. The van der Waals surface area contributed by atoms with Gasteiger partial charge in [0.15, 0.2) is 0 Å². The number of nitrogens with zero attached hydrogens (tertiary/aromatic N) is 1. The van der Waals surface area contributed by atoms with Gasteiger partial charge in [0.05, 0.1) is 10.7 Å². The summed E-state index contributed by atoms with van der Waals surface area (Å²) < 4.78 is 0. The lowest BCUT2D eigenvalue weighted by Crippen LogP contribution is -2.20. The summed E-state index contributed by atoms with van der Waals surface area (Å²) in [6.45, 7) is 9.75. The van der Waals surface area contributed by atoms with Crippen LogP contribution in [0.25, 0.3) is 0 Å². The second-order valence-electron chi connectivity index (χ2n) is 5.35. The molecule has 0 radical (unpaired) electrons. The molecule has 1 heterocycles. The quantitative estimate of drug-likeness (QED) is 0.599. The first-order chi connectivity index (χ1) is 9.19. The monoisotopic (exact) mass is 282 g/mol. The lowest BCUT2D eigenvalue weighted by Gasteiger charge is -2.17. The molecule has 0 fully saturated rings. The summed E-state index contributed by atoms with van der Waals surface area (Å²) in [5.74, 6) is 0. The molecule has 0 spiro atoms. The van der Waals surface area contributed by atoms with E-state index in [-0.39, 0.29) is 0 Å². The number of unbranched alkanes of at least 4 members (excludes halogenated alkanes) is 5. The highest BCUT2D eigenvalue weighted by atomic mass is 32.1. The van der Waals surface area contributed by atoms with Gasteiger partial charge < -0.3 is 5.32 Å². The zero-order valence-corrected chi connectivity index (χ0v) is 13.9. The van der Waals surface area contributed by atoms with Gasteiger partial charge in [-0.1, -0.05) is 52.4 Å². The Labute approximate surface area is 123 Å². The van der Waals surface area contributed by atoms with Gasteiger partial charge in [0.25, 0.3) is 0 Å². The third-order valence-electron chi connectivity index (χ3n) is 3.55. The second-order valence-corrected chi connectivity index (χ2v) is 6.58. The molecule has 0 aliphatic heterocycles. The van der Waals surface area contributed by atoms with E-state index in [0.29, 0.717) is 6.04 Å². The molecule has 19 heavy (non-hydrogen) atoms. The Balaban J connectivity index is 2.38. The molecular formula is C16H30N2S. The van der Waals surface area contributed by atoms with Crippen LogP contribution in [0.1, 0.15) is 80.4 Å². The molecule has 0 bridgehead atoms. The largest absolute Gasteiger partial charge is 0.309 e. The van der Waals surface area contributed by atoms with Gasteiger partial charge >= 0.3 is 0 Å². The molecule has 0 aromatic carbocycles. The zero-order chi connectivity index (χ0) is 14.1. The van der Waals surface area contributed by atoms with Crippen molar-refractivity contribution < 1.29 is 0 Å². The topological polar surface area (TPSA) is 24.9 Å². The fraction of sp³-hybridized carbons (Fsp3) is 0.812. The standard InChI is InChI=1S/C16H30N2S/c1-5-7-8-9-10-11-12-15(17-6-2)16-13(3)18-14(4)19-16/h15,17H,5-12H2,1-4H3. The molecule has 1 unspecified atom stereocenters. The third kappa shape index (κ3) is 6.05. The van der Waals surface area contributed by atoms with Crippen molar-refractivity contribution in [3.63, 3.8) is 0 Å². The summed E-state index contributed by atoms with van der Waals surface area (Å²) in [5, 5.41) is 4.82. The summed E-state index contributed by atoms with van der Waals surface area (Å²) in [6, 6.07) is 0.516. The number of hydrogen-bond donors (Lipinski definition) is 1. The molecule has 0 aliphatic rings. The molecule has 3 heteroatoms. The van der Waals surface area contributed by atoms with E-state index in [1.54, 1.807) is 0 Å².